The average molecular weight is 443 g/mol. The van der Waals surface area contributed by atoms with Crippen LogP contribution in [-0.2, 0) is 12.4 Å². The largest absolute Gasteiger partial charge is 0.433 e. The first kappa shape index (κ1) is 22.2. The molecule has 0 spiro atoms. The number of alkyl halides is 6. The number of hydrogen-bond donors (Lipinski definition) is 2. The molecule has 164 valence electrons. The van der Waals surface area contributed by atoms with Crippen LogP contribution < -0.4 is 10.6 Å². The molecular weight excluding hydrogens is 428 g/mol. The SMILES string of the molecule is CC(C)Nc1cc(Nc2ccnc(C(F)(F)F)c2)nc(-c2nccc(C(F)(F)F)n2)n1. The van der Waals surface area contributed by atoms with Gasteiger partial charge in [-0.3, -0.25) is 4.98 Å². The first-order valence-corrected chi connectivity index (χ1v) is 8.78. The van der Waals surface area contributed by atoms with Crippen LogP contribution in [0.3, 0.4) is 0 Å². The fourth-order valence-corrected chi connectivity index (χ4v) is 2.42. The summed E-state index contributed by atoms with van der Waals surface area (Å²) >= 11 is 0. The third-order valence-electron chi connectivity index (χ3n) is 3.63. The summed E-state index contributed by atoms with van der Waals surface area (Å²) in [6, 6.07) is 4.06. The lowest BCUT2D eigenvalue weighted by Gasteiger charge is -2.14. The van der Waals surface area contributed by atoms with Gasteiger partial charge in [0.05, 0.1) is 0 Å². The van der Waals surface area contributed by atoms with Crippen molar-refractivity contribution in [3.8, 4) is 11.6 Å². The molecule has 3 heterocycles. The summed E-state index contributed by atoms with van der Waals surface area (Å²) in [5.74, 6) is -0.401. The minimum absolute atomic E-state index is 0.0208. The first-order chi connectivity index (χ1) is 14.4. The number of rotatable bonds is 5. The van der Waals surface area contributed by atoms with E-state index in [1.54, 1.807) is 13.8 Å². The number of nitrogens with one attached hydrogen (secondary N) is 2. The van der Waals surface area contributed by atoms with Crippen molar-refractivity contribution in [3.63, 3.8) is 0 Å². The molecule has 2 N–H and O–H groups in total. The van der Waals surface area contributed by atoms with Gasteiger partial charge in [0.1, 0.15) is 23.0 Å². The minimum atomic E-state index is -4.70. The van der Waals surface area contributed by atoms with E-state index in [1.807, 2.05) is 0 Å². The van der Waals surface area contributed by atoms with E-state index < -0.39 is 29.6 Å². The molecule has 0 aromatic carbocycles. The number of hydrogen-bond acceptors (Lipinski definition) is 7. The Bertz CT molecular complexity index is 1070. The summed E-state index contributed by atoms with van der Waals surface area (Å²) in [4.78, 5) is 18.7. The van der Waals surface area contributed by atoms with E-state index in [9.17, 15) is 26.3 Å². The minimum Gasteiger partial charge on any atom is -0.368 e. The number of anilines is 3. The summed E-state index contributed by atoms with van der Waals surface area (Å²) in [7, 11) is 0. The number of aromatic nitrogens is 5. The number of pyridine rings is 1. The van der Waals surface area contributed by atoms with Crippen LogP contribution in [0.15, 0.2) is 36.7 Å². The molecule has 3 aromatic rings. The summed E-state index contributed by atoms with van der Waals surface area (Å²) < 4.78 is 77.6. The molecule has 0 radical (unpaired) electrons. The molecule has 0 aliphatic carbocycles. The van der Waals surface area contributed by atoms with E-state index in [-0.39, 0.29) is 29.2 Å². The van der Waals surface area contributed by atoms with Crippen molar-refractivity contribution in [2.45, 2.75) is 32.2 Å². The zero-order chi connectivity index (χ0) is 22.8. The molecule has 0 bridgehead atoms. The highest BCUT2D eigenvalue weighted by molar-refractivity contribution is 5.62. The Morgan fingerprint density at radius 1 is 0.742 bits per heavy atom. The third-order valence-corrected chi connectivity index (χ3v) is 3.63. The lowest BCUT2D eigenvalue weighted by molar-refractivity contribution is -0.141. The molecule has 0 unspecified atom stereocenters. The van der Waals surface area contributed by atoms with Gasteiger partial charge in [-0.2, -0.15) is 26.3 Å². The van der Waals surface area contributed by atoms with Gasteiger partial charge in [-0.15, -0.1) is 0 Å². The molecule has 3 rings (SSSR count). The smallest absolute Gasteiger partial charge is 0.368 e. The van der Waals surface area contributed by atoms with Crippen LogP contribution in [-0.4, -0.2) is 31.0 Å². The van der Waals surface area contributed by atoms with Crippen molar-refractivity contribution >= 4 is 17.3 Å². The zero-order valence-electron chi connectivity index (χ0n) is 16.0. The summed E-state index contributed by atoms with van der Waals surface area (Å²) in [5.41, 5.74) is -2.28. The van der Waals surface area contributed by atoms with Crippen LogP contribution in [0.2, 0.25) is 0 Å². The Morgan fingerprint density at radius 3 is 2.03 bits per heavy atom. The number of halogens is 6. The van der Waals surface area contributed by atoms with Crippen LogP contribution in [0.1, 0.15) is 25.2 Å². The molecule has 0 fully saturated rings. The number of nitrogens with zero attached hydrogens (tertiary/aromatic N) is 5. The van der Waals surface area contributed by atoms with Gasteiger partial charge < -0.3 is 10.6 Å². The fraction of sp³-hybridized carbons (Fsp3) is 0.278. The third kappa shape index (κ3) is 5.77. The molecule has 13 heteroatoms. The Morgan fingerprint density at radius 2 is 1.39 bits per heavy atom. The Balaban J connectivity index is 2.02. The first-order valence-electron chi connectivity index (χ1n) is 8.78. The van der Waals surface area contributed by atoms with E-state index >= 15 is 0 Å². The van der Waals surface area contributed by atoms with Gasteiger partial charge in [0.15, 0.2) is 5.82 Å². The van der Waals surface area contributed by atoms with E-state index in [0.29, 0.717) is 6.07 Å². The summed E-state index contributed by atoms with van der Waals surface area (Å²) in [5, 5.41) is 5.64. The van der Waals surface area contributed by atoms with Crippen molar-refractivity contribution < 1.29 is 26.3 Å². The van der Waals surface area contributed by atoms with Gasteiger partial charge >= 0.3 is 12.4 Å². The zero-order valence-corrected chi connectivity index (χ0v) is 16.0. The van der Waals surface area contributed by atoms with Crippen LogP contribution in [0.4, 0.5) is 43.7 Å². The highest BCUT2D eigenvalue weighted by Gasteiger charge is 2.33. The van der Waals surface area contributed by atoms with Gasteiger partial charge in [-0.25, -0.2) is 19.9 Å². The van der Waals surface area contributed by atoms with E-state index in [1.165, 1.54) is 12.1 Å². The van der Waals surface area contributed by atoms with Crippen molar-refractivity contribution in [1.82, 2.24) is 24.9 Å². The maximum Gasteiger partial charge on any atom is 0.433 e. The van der Waals surface area contributed by atoms with Crippen LogP contribution >= 0.6 is 0 Å². The topological polar surface area (TPSA) is 88.5 Å². The maximum absolute atomic E-state index is 13.0. The van der Waals surface area contributed by atoms with E-state index in [4.69, 9.17) is 0 Å². The molecule has 0 aliphatic rings. The fourth-order valence-electron chi connectivity index (χ4n) is 2.42. The predicted octanol–water partition coefficient (Wildman–Crippen LogP) is 4.93. The highest BCUT2D eigenvalue weighted by atomic mass is 19.4. The standard InChI is InChI=1S/C18H15F6N7/c1-9(2)27-13-8-14(28-10-3-5-25-12(7-10)18(22,23)24)31-16(30-13)15-26-6-4-11(29-15)17(19,20)21/h3-9H,1-2H3,(H2,25,27,28,30,31). The summed E-state index contributed by atoms with van der Waals surface area (Å²) in [6.07, 6.45) is -7.46. The molecule has 0 atom stereocenters. The molecule has 3 aromatic heterocycles. The van der Waals surface area contributed by atoms with E-state index in [2.05, 4.69) is 35.6 Å². The van der Waals surface area contributed by atoms with E-state index in [0.717, 1.165) is 18.5 Å². The normalized spacial score (nSPS) is 12.2. The quantitative estimate of drug-likeness (QED) is 0.541. The molecule has 0 saturated carbocycles. The van der Waals surface area contributed by atoms with Crippen molar-refractivity contribution in [3.05, 3.63) is 48.0 Å². The predicted molar refractivity (Wildman–Crippen MR) is 99.3 cm³/mol. The second kappa shape index (κ2) is 8.32. The Kier molecular flexibility index (Phi) is 5.95. The van der Waals surface area contributed by atoms with Gasteiger partial charge in [0.25, 0.3) is 0 Å². The van der Waals surface area contributed by atoms with Crippen molar-refractivity contribution in [2.75, 3.05) is 10.6 Å². The molecule has 31 heavy (non-hydrogen) atoms. The lowest BCUT2D eigenvalue weighted by Crippen LogP contribution is -2.14. The Labute approximate surface area is 172 Å². The lowest BCUT2D eigenvalue weighted by atomic mass is 10.3. The van der Waals surface area contributed by atoms with Gasteiger partial charge in [0, 0.05) is 30.2 Å². The van der Waals surface area contributed by atoms with Crippen LogP contribution in [0, 0.1) is 0 Å². The maximum atomic E-state index is 13.0. The van der Waals surface area contributed by atoms with Gasteiger partial charge in [-0.1, -0.05) is 0 Å². The summed E-state index contributed by atoms with van der Waals surface area (Å²) in [6.45, 7) is 3.60. The second-order valence-corrected chi connectivity index (χ2v) is 6.58. The molecule has 0 aliphatic heterocycles. The average Bonchev–Trinajstić information content (AvgIpc) is 2.66. The van der Waals surface area contributed by atoms with Crippen molar-refractivity contribution in [2.24, 2.45) is 0 Å². The van der Waals surface area contributed by atoms with Crippen LogP contribution in [0.25, 0.3) is 11.6 Å². The molecule has 0 saturated heterocycles. The van der Waals surface area contributed by atoms with Gasteiger partial charge in [0.2, 0.25) is 5.82 Å². The second-order valence-electron chi connectivity index (χ2n) is 6.58. The van der Waals surface area contributed by atoms with Crippen molar-refractivity contribution in [1.29, 1.82) is 0 Å². The monoisotopic (exact) mass is 443 g/mol. The molecular formula is C18H15F6N7. The van der Waals surface area contributed by atoms with Gasteiger partial charge in [-0.05, 0) is 32.0 Å². The van der Waals surface area contributed by atoms with Crippen LogP contribution in [0.5, 0.6) is 0 Å². The molecule has 7 nitrogen and oxygen atoms in total. The Hall–Kier alpha value is -3.51. The highest BCUT2D eigenvalue weighted by Crippen LogP contribution is 2.31. The molecule has 0 amide bonds.